The number of nitrogens with one attached hydrogen (secondary N) is 1. The van der Waals surface area contributed by atoms with Crippen LogP contribution in [0.5, 0.6) is 0 Å². The molecule has 0 radical (unpaired) electrons. The summed E-state index contributed by atoms with van der Waals surface area (Å²) in [6, 6.07) is 5.15. The molecule has 0 atom stereocenters. The number of rotatable bonds is 5. The highest BCUT2D eigenvalue weighted by Crippen LogP contribution is 2.09. The van der Waals surface area contributed by atoms with Crippen LogP contribution >= 0.6 is 0 Å². The fourth-order valence-corrected chi connectivity index (χ4v) is 1.82. The fraction of sp³-hybridized carbons (Fsp3) is 0.385. The second-order valence-corrected chi connectivity index (χ2v) is 4.22. The van der Waals surface area contributed by atoms with Crippen LogP contribution in [0.1, 0.15) is 23.9 Å². The van der Waals surface area contributed by atoms with E-state index in [4.69, 9.17) is 0 Å². The first-order chi connectivity index (χ1) is 8.70. The predicted molar refractivity (Wildman–Crippen MR) is 67.4 cm³/mol. The van der Waals surface area contributed by atoms with Crippen LogP contribution < -0.4 is 5.32 Å². The van der Waals surface area contributed by atoms with Crippen LogP contribution in [0.2, 0.25) is 0 Å². The van der Waals surface area contributed by atoms with Gasteiger partial charge in [-0.3, -0.25) is 0 Å². The van der Waals surface area contributed by atoms with Crippen LogP contribution in [-0.4, -0.2) is 14.8 Å². The van der Waals surface area contributed by atoms with Crippen molar-refractivity contribution in [2.45, 2.75) is 33.5 Å². The second kappa shape index (κ2) is 5.73. The van der Waals surface area contributed by atoms with E-state index in [9.17, 15) is 4.39 Å². The summed E-state index contributed by atoms with van der Waals surface area (Å²) in [6.45, 7) is 6.03. The Bertz CT molecular complexity index is 521. The summed E-state index contributed by atoms with van der Waals surface area (Å²) in [7, 11) is 0. The third-order valence-electron chi connectivity index (χ3n) is 2.87. The second-order valence-electron chi connectivity index (χ2n) is 4.22. The molecule has 18 heavy (non-hydrogen) atoms. The van der Waals surface area contributed by atoms with Crippen molar-refractivity contribution in [3.8, 4) is 0 Å². The molecule has 0 fully saturated rings. The van der Waals surface area contributed by atoms with Gasteiger partial charge in [0.25, 0.3) is 0 Å². The molecule has 1 heterocycles. The third-order valence-corrected chi connectivity index (χ3v) is 2.87. The van der Waals surface area contributed by atoms with Gasteiger partial charge in [-0.05, 0) is 31.0 Å². The maximum Gasteiger partial charge on any atom is 0.146 e. The molecule has 96 valence electrons. The molecule has 1 aromatic carbocycles. The fourth-order valence-electron chi connectivity index (χ4n) is 1.82. The Kier molecular flexibility index (Phi) is 4.04. The van der Waals surface area contributed by atoms with Gasteiger partial charge in [0.15, 0.2) is 0 Å². The van der Waals surface area contributed by atoms with E-state index in [1.807, 2.05) is 10.6 Å². The molecule has 4 nitrogen and oxygen atoms in total. The summed E-state index contributed by atoms with van der Waals surface area (Å²) < 4.78 is 15.1. The first kappa shape index (κ1) is 12.7. The van der Waals surface area contributed by atoms with E-state index >= 15 is 0 Å². The van der Waals surface area contributed by atoms with E-state index in [-0.39, 0.29) is 5.82 Å². The summed E-state index contributed by atoms with van der Waals surface area (Å²) in [6.07, 6.45) is 1.72. The number of aromatic nitrogens is 3. The lowest BCUT2D eigenvalue weighted by Crippen LogP contribution is -2.16. The Hall–Kier alpha value is -1.75. The average Bonchev–Trinajstić information content (AvgIpc) is 2.81. The molecule has 0 spiro atoms. The highest BCUT2D eigenvalue weighted by Gasteiger charge is 2.03. The highest BCUT2D eigenvalue weighted by atomic mass is 19.1. The number of hydrogen-bond donors (Lipinski definition) is 1. The molecule has 0 aliphatic heterocycles. The van der Waals surface area contributed by atoms with E-state index in [1.54, 1.807) is 19.3 Å². The molecule has 1 N–H and O–H groups in total. The van der Waals surface area contributed by atoms with Crippen molar-refractivity contribution in [3.63, 3.8) is 0 Å². The van der Waals surface area contributed by atoms with Gasteiger partial charge in [0, 0.05) is 13.1 Å². The molecule has 0 unspecified atom stereocenters. The molecular formula is C13H17FN4. The summed E-state index contributed by atoms with van der Waals surface area (Å²) in [5.74, 6) is 0.751. The lowest BCUT2D eigenvalue weighted by atomic mass is 10.1. The number of aryl methyl sites for hydroxylation is 2. The quantitative estimate of drug-likeness (QED) is 0.880. The van der Waals surface area contributed by atoms with Gasteiger partial charge in [-0.1, -0.05) is 12.1 Å². The predicted octanol–water partition coefficient (Wildman–Crippen LogP) is 2.04. The Morgan fingerprint density at radius 3 is 2.89 bits per heavy atom. The standard InChI is InChI=1S/C13H17FN4/c1-3-18-9-16-17-13(18)8-15-7-11-4-5-12(14)10(2)6-11/h4-6,9,15H,3,7-8H2,1-2H3. The molecule has 0 amide bonds. The normalized spacial score (nSPS) is 10.8. The number of benzene rings is 1. The maximum absolute atomic E-state index is 13.1. The smallest absolute Gasteiger partial charge is 0.146 e. The number of nitrogens with zero attached hydrogens (tertiary/aromatic N) is 3. The minimum Gasteiger partial charge on any atom is -0.317 e. The zero-order valence-corrected chi connectivity index (χ0v) is 10.7. The number of hydrogen-bond acceptors (Lipinski definition) is 3. The Morgan fingerprint density at radius 2 is 2.17 bits per heavy atom. The van der Waals surface area contributed by atoms with Gasteiger partial charge in [-0.2, -0.15) is 0 Å². The van der Waals surface area contributed by atoms with Crippen molar-refractivity contribution in [1.82, 2.24) is 20.1 Å². The minimum absolute atomic E-state index is 0.163. The molecule has 1 aromatic heterocycles. The van der Waals surface area contributed by atoms with E-state index in [0.29, 0.717) is 18.7 Å². The largest absolute Gasteiger partial charge is 0.317 e. The van der Waals surface area contributed by atoms with Crippen LogP contribution in [0.3, 0.4) is 0 Å². The van der Waals surface area contributed by atoms with Gasteiger partial charge in [0.2, 0.25) is 0 Å². The van der Waals surface area contributed by atoms with Crippen molar-refractivity contribution in [3.05, 3.63) is 47.3 Å². The highest BCUT2D eigenvalue weighted by molar-refractivity contribution is 5.23. The lowest BCUT2D eigenvalue weighted by molar-refractivity contribution is 0.604. The molecule has 0 aliphatic carbocycles. The van der Waals surface area contributed by atoms with Crippen molar-refractivity contribution < 1.29 is 4.39 Å². The van der Waals surface area contributed by atoms with Gasteiger partial charge in [0.05, 0.1) is 6.54 Å². The Labute approximate surface area is 106 Å². The lowest BCUT2D eigenvalue weighted by Gasteiger charge is -2.06. The van der Waals surface area contributed by atoms with E-state index in [0.717, 1.165) is 17.9 Å². The van der Waals surface area contributed by atoms with Gasteiger partial charge in [0.1, 0.15) is 18.0 Å². The average molecular weight is 248 g/mol. The SMILES string of the molecule is CCn1cnnc1CNCc1ccc(F)c(C)c1. The van der Waals surface area contributed by atoms with Gasteiger partial charge in [-0.25, -0.2) is 4.39 Å². The van der Waals surface area contributed by atoms with Crippen molar-refractivity contribution >= 4 is 0 Å². The summed E-state index contributed by atoms with van der Waals surface area (Å²) in [5.41, 5.74) is 1.74. The third kappa shape index (κ3) is 2.92. The van der Waals surface area contributed by atoms with Crippen LogP contribution in [-0.2, 0) is 19.6 Å². The molecule has 0 saturated carbocycles. The zero-order chi connectivity index (χ0) is 13.0. The minimum atomic E-state index is -0.163. The molecular weight excluding hydrogens is 231 g/mol. The first-order valence-electron chi connectivity index (χ1n) is 6.03. The van der Waals surface area contributed by atoms with Crippen molar-refractivity contribution in [2.24, 2.45) is 0 Å². The summed E-state index contributed by atoms with van der Waals surface area (Å²) in [4.78, 5) is 0. The first-order valence-corrected chi connectivity index (χ1v) is 6.03. The van der Waals surface area contributed by atoms with Crippen LogP contribution in [0.4, 0.5) is 4.39 Å². The van der Waals surface area contributed by atoms with Gasteiger partial charge < -0.3 is 9.88 Å². The molecule has 5 heteroatoms. The van der Waals surface area contributed by atoms with Crippen molar-refractivity contribution in [2.75, 3.05) is 0 Å². The van der Waals surface area contributed by atoms with Crippen LogP contribution in [0, 0.1) is 12.7 Å². The molecule has 2 rings (SSSR count). The topological polar surface area (TPSA) is 42.7 Å². The van der Waals surface area contributed by atoms with Crippen molar-refractivity contribution in [1.29, 1.82) is 0 Å². The summed E-state index contributed by atoms with van der Waals surface area (Å²) in [5, 5.41) is 11.2. The van der Waals surface area contributed by atoms with Gasteiger partial charge >= 0.3 is 0 Å². The zero-order valence-electron chi connectivity index (χ0n) is 10.7. The van der Waals surface area contributed by atoms with E-state index in [2.05, 4.69) is 22.4 Å². The number of halogens is 1. The van der Waals surface area contributed by atoms with E-state index in [1.165, 1.54) is 6.07 Å². The molecule has 0 bridgehead atoms. The Balaban J connectivity index is 1.90. The van der Waals surface area contributed by atoms with Crippen LogP contribution in [0.15, 0.2) is 24.5 Å². The Morgan fingerprint density at radius 1 is 1.33 bits per heavy atom. The monoisotopic (exact) mass is 248 g/mol. The molecule has 2 aromatic rings. The van der Waals surface area contributed by atoms with Crippen LogP contribution in [0.25, 0.3) is 0 Å². The summed E-state index contributed by atoms with van der Waals surface area (Å²) >= 11 is 0. The molecule has 0 saturated heterocycles. The van der Waals surface area contributed by atoms with E-state index < -0.39 is 0 Å². The van der Waals surface area contributed by atoms with Gasteiger partial charge in [-0.15, -0.1) is 10.2 Å². The molecule has 0 aliphatic rings. The maximum atomic E-state index is 13.1.